The number of likely N-dealkylation sites (tertiary alicyclic amines) is 2. The molecule has 4 heterocycles. The molecule has 4 rings (SSSR count). The number of pyridine rings is 2. The van der Waals surface area contributed by atoms with E-state index in [1.165, 1.54) is 0 Å². The molecule has 11 heteroatoms. The van der Waals surface area contributed by atoms with Gasteiger partial charge in [0.1, 0.15) is 0 Å². The molecule has 0 aliphatic carbocycles. The number of halogens is 2. The van der Waals surface area contributed by atoms with Crippen molar-refractivity contribution in [1.29, 1.82) is 0 Å². The van der Waals surface area contributed by atoms with Crippen LogP contribution in [0.4, 0.5) is 11.4 Å². The van der Waals surface area contributed by atoms with Gasteiger partial charge in [0.15, 0.2) is 0 Å². The number of piperidine rings is 2. The van der Waals surface area contributed by atoms with Crippen LogP contribution in [0.1, 0.15) is 25.7 Å². The zero-order valence-corrected chi connectivity index (χ0v) is 22.5. The van der Waals surface area contributed by atoms with E-state index in [1.54, 1.807) is 36.9 Å². The second kappa shape index (κ2) is 18.8. The van der Waals surface area contributed by atoms with Crippen molar-refractivity contribution >= 4 is 46.5 Å². The number of amides is 1. The summed E-state index contributed by atoms with van der Waals surface area (Å²) in [6.07, 6.45) is 10.6. The number of carbonyl (C=O) groups is 2. The summed E-state index contributed by atoms with van der Waals surface area (Å²) in [5.41, 5.74) is 6.78. The maximum atomic E-state index is 11.9. The van der Waals surface area contributed by atoms with E-state index in [4.69, 9.17) is 34.0 Å². The average Bonchev–Trinajstić information content (AvgIpc) is 2.86. The van der Waals surface area contributed by atoms with Crippen molar-refractivity contribution in [3.05, 3.63) is 49.1 Å². The Morgan fingerprint density at radius 3 is 1.92 bits per heavy atom. The number of nitrogens with one attached hydrogen (secondary N) is 1. The van der Waals surface area contributed by atoms with E-state index >= 15 is 0 Å². The Labute approximate surface area is 224 Å². The van der Waals surface area contributed by atoms with Crippen molar-refractivity contribution in [2.24, 2.45) is 11.8 Å². The van der Waals surface area contributed by atoms with Crippen LogP contribution in [0.5, 0.6) is 0 Å². The molecular formula is C25H38Cl2N6O3. The van der Waals surface area contributed by atoms with E-state index in [-0.39, 0.29) is 23.1 Å². The fraction of sp³-hybridized carbons (Fsp3) is 0.520. The maximum absolute atomic E-state index is 11.9. The van der Waals surface area contributed by atoms with Crippen molar-refractivity contribution in [2.45, 2.75) is 25.7 Å². The molecule has 9 nitrogen and oxygen atoms in total. The van der Waals surface area contributed by atoms with Crippen LogP contribution in [-0.2, 0) is 9.59 Å². The van der Waals surface area contributed by atoms with E-state index in [9.17, 15) is 9.59 Å². The number of hydrogen-bond acceptors (Lipinski definition) is 7. The molecule has 2 aromatic rings. The highest BCUT2D eigenvalue weighted by molar-refractivity contribution is 6.40. The largest absolute Gasteiger partial charge is 0.481 e. The molecule has 36 heavy (non-hydrogen) atoms. The Balaban J connectivity index is 0.000000277. The number of hydrogen-bond donors (Lipinski definition) is 3. The fourth-order valence-electron chi connectivity index (χ4n) is 3.81. The van der Waals surface area contributed by atoms with Gasteiger partial charge in [-0.1, -0.05) is 0 Å². The van der Waals surface area contributed by atoms with Crippen LogP contribution in [0.2, 0.25) is 0 Å². The van der Waals surface area contributed by atoms with Crippen molar-refractivity contribution in [3.8, 4) is 0 Å². The van der Waals surface area contributed by atoms with E-state index < -0.39 is 5.97 Å². The van der Waals surface area contributed by atoms with Crippen LogP contribution in [0, 0.1) is 11.8 Å². The molecule has 0 bridgehead atoms. The molecule has 0 saturated carbocycles. The lowest BCUT2D eigenvalue weighted by molar-refractivity contribution is -0.143. The van der Waals surface area contributed by atoms with E-state index in [0.717, 1.165) is 57.5 Å². The fourth-order valence-corrected chi connectivity index (χ4v) is 3.81. The Bertz CT molecular complexity index is 863. The van der Waals surface area contributed by atoms with Crippen molar-refractivity contribution in [3.63, 3.8) is 0 Å². The molecule has 2 aliphatic rings. The third-order valence-corrected chi connectivity index (χ3v) is 5.58. The Hall–Kier alpha value is -2.46. The first-order chi connectivity index (χ1) is 17.3. The summed E-state index contributed by atoms with van der Waals surface area (Å²) in [4.78, 5) is 34.4. The van der Waals surface area contributed by atoms with Gasteiger partial charge in [0, 0.05) is 31.7 Å². The number of aliphatic carboxylic acids is 1. The summed E-state index contributed by atoms with van der Waals surface area (Å²) in [5, 5.41) is 11.7. The maximum Gasteiger partial charge on any atom is 0.307 e. The molecular weight excluding hydrogens is 503 g/mol. The molecule has 2 unspecified atom stereocenters. The number of nitrogen functional groups attached to an aromatic ring is 1. The number of rotatable bonds is 3. The summed E-state index contributed by atoms with van der Waals surface area (Å²) in [6.45, 7) is 3.71. The van der Waals surface area contributed by atoms with Gasteiger partial charge in [-0.25, -0.2) is 0 Å². The van der Waals surface area contributed by atoms with E-state index in [2.05, 4.69) is 32.1 Å². The second-order valence-electron chi connectivity index (χ2n) is 8.66. The Morgan fingerprint density at radius 1 is 1.00 bits per heavy atom. The lowest BCUT2D eigenvalue weighted by Crippen LogP contribution is -2.38. The monoisotopic (exact) mass is 540 g/mol. The number of carbonyl (C=O) groups excluding carboxylic acids is 1. The standard InChI is InChI=1S/C12H17N3O.C7H13NO2.C5H6N2.CH2Cl2/c1-15-7-3-4-10(9-15)12(16)14-11-5-2-6-13-8-11;1-8-4-2-3-6(5-8)7(9)10;6-5-2-1-3-7-4-5;2-1-3/h2,5-6,8,10H,3-4,7,9H2,1H3,(H,14,16);6H,2-5H2,1H3,(H,9,10);1-4H,6H2;1H2. The second-order valence-corrected chi connectivity index (χ2v) is 9.47. The zero-order chi connectivity index (χ0) is 26.8. The van der Waals surface area contributed by atoms with Crippen molar-refractivity contribution in [2.75, 3.05) is 56.7 Å². The number of carboxylic acid groups (broad SMARTS) is 1. The molecule has 0 radical (unpaired) electrons. The quantitative estimate of drug-likeness (QED) is 0.501. The molecule has 1 amide bonds. The first-order valence-corrected chi connectivity index (χ1v) is 12.9. The van der Waals surface area contributed by atoms with Gasteiger partial charge in [0.2, 0.25) is 5.91 Å². The number of anilines is 2. The SMILES string of the molecule is CN1CCCC(C(=O)Nc2cccnc2)C1.CN1CCCC(C(=O)O)C1.ClCCl.Nc1cccnc1. The van der Waals surface area contributed by atoms with Gasteiger partial charge in [-0.05, 0) is 77.1 Å². The lowest BCUT2D eigenvalue weighted by atomic mass is 9.97. The van der Waals surface area contributed by atoms with Gasteiger partial charge in [-0.15, -0.1) is 23.2 Å². The minimum Gasteiger partial charge on any atom is -0.481 e. The first-order valence-electron chi connectivity index (χ1n) is 11.8. The highest BCUT2D eigenvalue weighted by Gasteiger charge is 2.24. The molecule has 200 valence electrons. The van der Waals surface area contributed by atoms with Gasteiger partial charge in [0.25, 0.3) is 0 Å². The van der Waals surface area contributed by atoms with Gasteiger partial charge in [-0.2, -0.15) is 0 Å². The topological polar surface area (TPSA) is 125 Å². The average molecular weight is 542 g/mol. The number of aromatic nitrogens is 2. The smallest absolute Gasteiger partial charge is 0.307 e. The molecule has 2 saturated heterocycles. The molecule has 2 fully saturated rings. The molecule has 4 N–H and O–H groups in total. The number of nitrogens with zero attached hydrogens (tertiary/aromatic N) is 4. The molecule has 0 spiro atoms. The lowest BCUT2D eigenvalue weighted by Gasteiger charge is -2.28. The minimum absolute atomic E-state index is 0.110. The van der Waals surface area contributed by atoms with Crippen molar-refractivity contribution in [1.82, 2.24) is 19.8 Å². The zero-order valence-electron chi connectivity index (χ0n) is 21.0. The predicted octanol–water partition coefficient (Wildman–Crippen LogP) is 3.86. The van der Waals surface area contributed by atoms with Crippen LogP contribution in [0.25, 0.3) is 0 Å². The molecule has 0 aromatic carbocycles. The summed E-state index contributed by atoms with van der Waals surface area (Å²) in [5.74, 6) is -0.552. The first kappa shape index (κ1) is 31.6. The summed E-state index contributed by atoms with van der Waals surface area (Å²) < 4.78 is 0. The van der Waals surface area contributed by atoms with Crippen LogP contribution in [0.15, 0.2) is 49.1 Å². The van der Waals surface area contributed by atoms with Crippen molar-refractivity contribution < 1.29 is 14.7 Å². The van der Waals surface area contributed by atoms with Crippen LogP contribution < -0.4 is 11.1 Å². The van der Waals surface area contributed by atoms with Gasteiger partial charge >= 0.3 is 5.97 Å². The van der Waals surface area contributed by atoms with E-state index in [1.807, 2.05) is 19.2 Å². The Kier molecular flexibility index (Phi) is 16.5. The van der Waals surface area contributed by atoms with Gasteiger partial charge in [-0.3, -0.25) is 19.6 Å². The normalized spacial score (nSPS) is 19.7. The van der Waals surface area contributed by atoms with Crippen LogP contribution in [-0.4, -0.2) is 82.4 Å². The van der Waals surface area contributed by atoms with Gasteiger partial charge in [0.05, 0.1) is 34.7 Å². The molecule has 2 aliphatic heterocycles. The summed E-state index contributed by atoms with van der Waals surface area (Å²) in [7, 11) is 4.03. The highest BCUT2D eigenvalue weighted by atomic mass is 35.5. The Morgan fingerprint density at radius 2 is 1.53 bits per heavy atom. The third-order valence-electron chi connectivity index (χ3n) is 5.58. The predicted molar refractivity (Wildman–Crippen MR) is 146 cm³/mol. The molecule has 2 atom stereocenters. The third kappa shape index (κ3) is 14.2. The number of alkyl halides is 2. The highest BCUT2D eigenvalue weighted by Crippen LogP contribution is 2.17. The number of nitrogens with two attached hydrogens (primary N) is 1. The number of carboxylic acids is 1. The van der Waals surface area contributed by atoms with Gasteiger partial charge < -0.3 is 26.0 Å². The van der Waals surface area contributed by atoms with E-state index in [0.29, 0.717) is 5.69 Å². The minimum atomic E-state index is -0.647. The van der Waals surface area contributed by atoms with Crippen LogP contribution in [0.3, 0.4) is 0 Å². The van der Waals surface area contributed by atoms with Crippen LogP contribution >= 0.6 is 23.2 Å². The summed E-state index contributed by atoms with van der Waals surface area (Å²) >= 11 is 9.53. The molecule has 2 aromatic heterocycles. The summed E-state index contributed by atoms with van der Waals surface area (Å²) in [6, 6.07) is 7.28.